The van der Waals surface area contributed by atoms with Gasteiger partial charge in [0.2, 0.25) is 0 Å². The molecule has 0 rings (SSSR count). The third kappa shape index (κ3) is 1.87. The van der Waals surface area contributed by atoms with E-state index in [0.29, 0.717) is 0 Å². The Morgan fingerprint density at radius 1 is 1.36 bits per heavy atom. The number of carbonyl (C=O) groups is 2. The molecule has 1 atom stereocenters. The van der Waals surface area contributed by atoms with E-state index in [2.05, 4.69) is 0 Å². The van der Waals surface area contributed by atoms with Gasteiger partial charge in [0.05, 0.1) is 0 Å². The maximum absolute atomic E-state index is 11.0. The molecular weight excluding hydrogens is 144 g/mol. The highest BCUT2D eigenvalue weighted by atomic mass is 16.3. The SMILES string of the molecule is CCC(=O)C(O)(CC)C(C)=O. The molecule has 3 nitrogen and oxygen atoms in total. The highest BCUT2D eigenvalue weighted by molar-refractivity contribution is 6.08. The second kappa shape index (κ2) is 3.62. The van der Waals surface area contributed by atoms with Gasteiger partial charge in [-0.25, -0.2) is 0 Å². The summed E-state index contributed by atoms with van der Waals surface area (Å²) in [6, 6.07) is 0. The van der Waals surface area contributed by atoms with E-state index >= 15 is 0 Å². The van der Waals surface area contributed by atoms with E-state index in [4.69, 9.17) is 0 Å². The third-order valence-electron chi connectivity index (χ3n) is 1.88. The molecule has 11 heavy (non-hydrogen) atoms. The fourth-order valence-corrected chi connectivity index (χ4v) is 0.935. The van der Waals surface area contributed by atoms with Crippen LogP contribution in [0.4, 0.5) is 0 Å². The van der Waals surface area contributed by atoms with Crippen LogP contribution >= 0.6 is 0 Å². The monoisotopic (exact) mass is 158 g/mol. The molecule has 1 N–H and O–H groups in total. The number of Topliss-reactive ketones (excluding diaryl/α,β-unsaturated/α-hetero) is 2. The summed E-state index contributed by atoms with van der Waals surface area (Å²) in [5.41, 5.74) is -1.73. The second-order valence-corrected chi connectivity index (χ2v) is 2.55. The normalized spacial score (nSPS) is 15.6. The molecule has 0 radical (unpaired) electrons. The third-order valence-corrected chi connectivity index (χ3v) is 1.88. The molecule has 0 heterocycles. The summed E-state index contributed by atoms with van der Waals surface area (Å²) in [5.74, 6) is -0.862. The van der Waals surface area contributed by atoms with Crippen LogP contribution in [0.25, 0.3) is 0 Å². The number of rotatable bonds is 4. The van der Waals surface area contributed by atoms with Gasteiger partial charge in [0.25, 0.3) is 0 Å². The van der Waals surface area contributed by atoms with Crippen molar-refractivity contribution in [3.05, 3.63) is 0 Å². The topological polar surface area (TPSA) is 54.4 Å². The van der Waals surface area contributed by atoms with Crippen LogP contribution in [0.15, 0.2) is 0 Å². The van der Waals surface area contributed by atoms with E-state index in [-0.39, 0.29) is 12.8 Å². The minimum absolute atomic E-state index is 0.162. The fourth-order valence-electron chi connectivity index (χ4n) is 0.935. The van der Waals surface area contributed by atoms with Gasteiger partial charge in [-0.05, 0) is 13.3 Å². The Labute approximate surface area is 66.4 Å². The maximum atomic E-state index is 11.0. The van der Waals surface area contributed by atoms with Gasteiger partial charge in [-0.15, -0.1) is 0 Å². The van der Waals surface area contributed by atoms with Crippen molar-refractivity contribution in [2.24, 2.45) is 0 Å². The van der Waals surface area contributed by atoms with Gasteiger partial charge in [0, 0.05) is 6.42 Å². The Morgan fingerprint density at radius 3 is 1.91 bits per heavy atom. The van der Waals surface area contributed by atoms with Crippen LogP contribution in [0.3, 0.4) is 0 Å². The number of carbonyl (C=O) groups excluding carboxylic acids is 2. The predicted octanol–water partition coefficient (Wildman–Crippen LogP) is 0.696. The lowest BCUT2D eigenvalue weighted by Gasteiger charge is -2.20. The van der Waals surface area contributed by atoms with Gasteiger partial charge >= 0.3 is 0 Å². The summed E-state index contributed by atoms with van der Waals surface area (Å²) in [4.78, 5) is 21.9. The molecule has 0 aliphatic heterocycles. The lowest BCUT2D eigenvalue weighted by molar-refractivity contribution is -0.149. The standard InChI is InChI=1S/C8H14O3/c1-4-7(10)8(11,5-2)6(3)9/h11H,4-5H2,1-3H3. The number of aliphatic hydroxyl groups is 1. The molecule has 64 valence electrons. The molecule has 0 fully saturated rings. The molecule has 0 bridgehead atoms. The summed E-state index contributed by atoms with van der Waals surface area (Å²) < 4.78 is 0. The average molecular weight is 158 g/mol. The lowest BCUT2D eigenvalue weighted by Crippen LogP contribution is -2.44. The van der Waals surface area contributed by atoms with Crippen LogP contribution in [0.2, 0.25) is 0 Å². The van der Waals surface area contributed by atoms with Crippen molar-refractivity contribution in [3.8, 4) is 0 Å². The van der Waals surface area contributed by atoms with E-state index < -0.39 is 17.2 Å². The van der Waals surface area contributed by atoms with Gasteiger partial charge in [0.1, 0.15) is 0 Å². The molecule has 0 saturated heterocycles. The molecule has 0 spiro atoms. The van der Waals surface area contributed by atoms with Crippen molar-refractivity contribution in [3.63, 3.8) is 0 Å². The molecule has 0 aliphatic carbocycles. The second-order valence-electron chi connectivity index (χ2n) is 2.55. The molecule has 1 unspecified atom stereocenters. The van der Waals surface area contributed by atoms with E-state index in [1.807, 2.05) is 0 Å². The Bertz CT molecular complexity index is 174. The van der Waals surface area contributed by atoms with Gasteiger partial charge in [0.15, 0.2) is 17.2 Å². The van der Waals surface area contributed by atoms with Gasteiger partial charge in [-0.2, -0.15) is 0 Å². The lowest BCUT2D eigenvalue weighted by atomic mass is 9.90. The van der Waals surface area contributed by atoms with Crippen molar-refractivity contribution in [2.45, 2.75) is 39.2 Å². The van der Waals surface area contributed by atoms with Crippen LogP contribution in [0, 0.1) is 0 Å². The molecule has 0 aromatic heterocycles. The van der Waals surface area contributed by atoms with E-state index in [1.165, 1.54) is 6.92 Å². The number of hydrogen-bond donors (Lipinski definition) is 1. The van der Waals surface area contributed by atoms with Crippen molar-refractivity contribution < 1.29 is 14.7 Å². The quantitative estimate of drug-likeness (QED) is 0.612. The van der Waals surface area contributed by atoms with Gasteiger partial charge in [-0.3, -0.25) is 9.59 Å². The van der Waals surface area contributed by atoms with Gasteiger partial charge in [-0.1, -0.05) is 13.8 Å². The fraction of sp³-hybridized carbons (Fsp3) is 0.750. The Balaban J connectivity index is 4.59. The van der Waals surface area contributed by atoms with Crippen LogP contribution in [0.1, 0.15) is 33.6 Å². The zero-order valence-electron chi connectivity index (χ0n) is 7.18. The zero-order valence-corrected chi connectivity index (χ0v) is 7.18. The molecule has 0 aromatic carbocycles. The average Bonchev–Trinajstić information content (AvgIpc) is 2.01. The Morgan fingerprint density at radius 2 is 1.82 bits per heavy atom. The van der Waals surface area contributed by atoms with Crippen LogP contribution in [-0.4, -0.2) is 22.3 Å². The number of ketones is 2. The zero-order chi connectivity index (χ0) is 9.07. The van der Waals surface area contributed by atoms with Crippen molar-refractivity contribution >= 4 is 11.6 Å². The Hall–Kier alpha value is -0.700. The smallest absolute Gasteiger partial charge is 0.180 e. The predicted molar refractivity (Wildman–Crippen MR) is 41.2 cm³/mol. The molecule has 0 amide bonds. The summed E-state index contributed by atoms with van der Waals surface area (Å²) in [6.45, 7) is 4.48. The van der Waals surface area contributed by atoms with Crippen molar-refractivity contribution in [1.82, 2.24) is 0 Å². The van der Waals surface area contributed by atoms with E-state index in [1.54, 1.807) is 13.8 Å². The minimum Gasteiger partial charge on any atom is -0.375 e. The van der Waals surface area contributed by atoms with Crippen molar-refractivity contribution in [1.29, 1.82) is 0 Å². The van der Waals surface area contributed by atoms with Gasteiger partial charge < -0.3 is 5.11 Å². The summed E-state index contributed by atoms with van der Waals surface area (Å²) in [5, 5.41) is 9.47. The summed E-state index contributed by atoms with van der Waals surface area (Å²) >= 11 is 0. The minimum atomic E-state index is -1.73. The molecule has 0 saturated carbocycles. The molecule has 0 aliphatic rings. The van der Waals surface area contributed by atoms with Crippen molar-refractivity contribution in [2.75, 3.05) is 0 Å². The Kier molecular flexibility index (Phi) is 3.39. The summed E-state index contributed by atoms with van der Waals surface area (Å²) in [6.07, 6.45) is 0.360. The largest absolute Gasteiger partial charge is 0.375 e. The highest BCUT2D eigenvalue weighted by Crippen LogP contribution is 2.14. The molecule has 0 aromatic rings. The first kappa shape index (κ1) is 10.3. The van der Waals surface area contributed by atoms with E-state index in [9.17, 15) is 14.7 Å². The first-order chi connectivity index (χ1) is 4.99. The molecular formula is C8H14O3. The molecule has 3 heteroatoms. The summed E-state index contributed by atoms with van der Waals surface area (Å²) in [7, 11) is 0. The van der Waals surface area contributed by atoms with Crippen LogP contribution in [-0.2, 0) is 9.59 Å². The van der Waals surface area contributed by atoms with Crippen LogP contribution < -0.4 is 0 Å². The van der Waals surface area contributed by atoms with Crippen LogP contribution in [0.5, 0.6) is 0 Å². The first-order valence-electron chi connectivity index (χ1n) is 3.75. The number of hydrogen-bond acceptors (Lipinski definition) is 3. The van der Waals surface area contributed by atoms with E-state index in [0.717, 1.165) is 0 Å². The maximum Gasteiger partial charge on any atom is 0.180 e. The highest BCUT2D eigenvalue weighted by Gasteiger charge is 2.37. The first-order valence-corrected chi connectivity index (χ1v) is 3.75.